The highest BCUT2D eigenvalue weighted by Crippen LogP contribution is 2.33. The number of nitrogens with one attached hydrogen (secondary N) is 1. The van der Waals surface area contributed by atoms with Crippen LogP contribution in [0.4, 0.5) is 10.9 Å². The van der Waals surface area contributed by atoms with Gasteiger partial charge in [0.05, 0.1) is 10.7 Å². The number of hydrogen-bond donors (Lipinski definition) is 1. The molecule has 7 heteroatoms. The molecule has 0 saturated carbocycles. The molecule has 3 aromatic heterocycles. The van der Waals surface area contributed by atoms with E-state index in [0.717, 1.165) is 15.0 Å². The van der Waals surface area contributed by atoms with Crippen LogP contribution in [0.1, 0.15) is 5.76 Å². The van der Waals surface area contributed by atoms with E-state index >= 15 is 0 Å². The molecule has 3 heterocycles. The second-order valence-corrected chi connectivity index (χ2v) is 5.07. The van der Waals surface area contributed by atoms with Gasteiger partial charge < -0.3 is 9.73 Å². The van der Waals surface area contributed by atoms with Crippen molar-refractivity contribution in [2.45, 2.75) is 0 Å². The van der Waals surface area contributed by atoms with Gasteiger partial charge in [0.1, 0.15) is 11.9 Å². The number of rotatable bonds is 2. The zero-order valence-corrected chi connectivity index (χ0v) is 11.2. The van der Waals surface area contributed by atoms with Gasteiger partial charge in [0.2, 0.25) is 5.76 Å². The van der Waals surface area contributed by atoms with E-state index in [-0.39, 0.29) is 5.76 Å². The lowest BCUT2D eigenvalue weighted by Crippen LogP contribution is -1.93. The fourth-order valence-corrected chi connectivity index (χ4v) is 2.55. The first-order valence-corrected chi connectivity index (χ1v) is 6.60. The molecule has 0 spiro atoms. The first-order chi connectivity index (χ1) is 8.78. The molecule has 0 bridgehead atoms. The van der Waals surface area contributed by atoms with E-state index in [1.807, 2.05) is 11.4 Å². The molecule has 5 nitrogen and oxygen atoms in total. The third kappa shape index (κ3) is 1.85. The van der Waals surface area contributed by atoms with E-state index in [2.05, 4.69) is 31.2 Å². The van der Waals surface area contributed by atoms with Crippen LogP contribution in [0.3, 0.4) is 0 Å². The third-order valence-corrected chi connectivity index (χ3v) is 3.78. The van der Waals surface area contributed by atoms with Crippen molar-refractivity contribution >= 4 is 49.2 Å². The van der Waals surface area contributed by atoms with Gasteiger partial charge in [-0.1, -0.05) is 0 Å². The minimum atomic E-state index is 0.263. The average Bonchev–Trinajstić information content (AvgIpc) is 3.02. The van der Waals surface area contributed by atoms with Crippen molar-refractivity contribution in [3.63, 3.8) is 0 Å². The Kier molecular flexibility index (Phi) is 2.74. The third-order valence-electron chi connectivity index (χ3n) is 2.28. The van der Waals surface area contributed by atoms with Crippen LogP contribution in [-0.2, 0) is 0 Å². The number of aromatic nitrogens is 2. The molecular weight excluding hydrogens is 316 g/mol. The maximum absolute atomic E-state index is 8.80. The Labute approximate surface area is 114 Å². The summed E-state index contributed by atoms with van der Waals surface area (Å²) in [6.07, 6.45) is 3.29. The number of hydrogen-bond acceptors (Lipinski definition) is 6. The fourth-order valence-electron chi connectivity index (χ4n) is 1.51. The van der Waals surface area contributed by atoms with Crippen molar-refractivity contribution in [1.82, 2.24) is 9.97 Å². The van der Waals surface area contributed by atoms with Gasteiger partial charge in [-0.2, -0.15) is 5.26 Å². The summed E-state index contributed by atoms with van der Waals surface area (Å²) in [7, 11) is 0. The molecule has 0 saturated heterocycles. The van der Waals surface area contributed by atoms with Crippen molar-refractivity contribution in [3.8, 4) is 6.07 Å². The van der Waals surface area contributed by atoms with Gasteiger partial charge in [-0.25, -0.2) is 9.97 Å². The number of thiazole rings is 1. The molecule has 1 N–H and O–H groups in total. The summed E-state index contributed by atoms with van der Waals surface area (Å²) in [5.41, 5.74) is 0.572. The molecule has 0 unspecified atom stereocenters. The van der Waals surface area contributed by atoms with Crippen LogP contribution in [0.2, 0.25) is 0 Å². The molecule has 18 heavy (non-hydrogen) atoms. The van der Waals surface area contributed by atoms with Crippen LogP contribution in [0.5, 0.6) is 0 Å². The highest BCUT2D eigenvalue weighted by Gasteiger charge is 2.12. The lowest BCUT2D eigenvalue weighted by molar-refractivity contribution is 0.598. The zero-order valence-electron chi connectivity index (χ0n) is 8.85. The first kappa shape index (κ1) is 11.2. The Balaban J connectivity index is 2.08. The number of pyridine rings is 1. The monoisotopic (exact) mass is 320 g/mol. The van der Waals surface area contributed by atoms with Gasteiger partial charge in [0.25, 0.3) is 0 Å². The van der Waals surface area contributed by atoms with Crippen LogP contribution in [0.25, 0.3) is 11.0 Å². The van der Waals surface area contributed by atoms with Gasteiger partial charge in [-0.05, 0) is 15.9 Å². The van der Waals surface area contributed by atoms with Crippen LogP contribution in [0.15, 0.2) is 32.7 Å². The predicted molar refractivity (Wildman–Crippen MR) is 71.8 cm³/mol. The van der Waals surface area contributed by atoms with E-state index in [4.69, 9.17) is 9.68 Å². The van der Waals surface area contributed by atoms with Gasteiger partial charge >= 0.3 is 0 Å². The first-order valence-electron chi connectivity index (χ1n) is 4.92. The normalized spacial score (nSPS) is 10.4. The van der Waals surface area contributed by atoms with E-state index in [9.17, 15) is 0 Å². The van der Waals surface area contributed by atoms with Crippen molar-refractivity contribution in [2.24, 2.45) is 0 Å². The van der Waals surface area contributed by atoms with Gasteiger partial charge in [0.15, 0.2) is 10.7 Å². The number of anilines is 2. The van der Waals surface area contributed by atoms with E-state index < -0.39 is 0 Å². The molecule has 0 fully saturated rings. The highest BCUT2D eigenvalue weighted by molar-refractivity contribution is 9.10. The standard InChI is InChI=1S/C11H5BrN4OS/c12-9-7-3-6(4-13)17-8(7)5-15-10(9)16-11-14-1-2-18-11/h1-3,5H,(H,14,15,16). The molecular formula is C11H5BrN4OS. The topological polar surface area (TPSA) is 74.7 Å². The Morgan fingerprint density at radius 3 is 3.06 bits per heavy atom. The minimum absolute atomic E-state index is 0.263. The van der Waals surface area contributed by atoms with E-state index in [0.29, 0.717) is 11.4 Å². The second kappa shape index (κ2) is 4.40. The summed E-state index contributed by atoms with van der Waals surface area (Å²) in [4.78, 5) is 8.36. The SMILES string of the molecule is N#Cc1cc2c(Br)c(Nc3nccs3)ncc2o1. The molecule has 0 aliphatic carbocycles. The van der Waals surface area contributed by atoms with Gasteiger partial charge in [0, 0.05) is 23.0 Å². The maximum atomic E-state index is 8.80. The summed E-state index contributed by atoms with van der Waals surface area (Å²) in [6.45, 7) is 0. The van der Waals surface area contributed by atoms with Crippen LogP contribution in [0, 0.1) is 11.3 Å². The largest absolute Gasteiger partial charge is 0.444 e. The quantitative estimate of drug-likeness (QED) is 0.779. The summed E-state index contributed by atoms with van der Waals surface area (Å²) in [6, 6.07) is 3.64. The lowest BCUT2D eigenvalue weighted by Gasteiger charge is -2.04. The van der Waals surface area contributed by atoms with Gasteiger partial charge in [-0.3, -0.25) is 0 Å². The molecule has 0 aromatic carbocycles. The maximum Gasteiger partial charge on any atom is 0.204 e. The number of nitrogens with zero attached hydrogens (tertiary/aromatic N) is 3. The van der Waals surface area contributed by atoms with Gasteiger partial charge in [-0.15, -0.1) is 11.3 Å². The van der Waals surface area contributed by atoms with Crippen molar-refractivity contribution in [2.75, 3.05) is 5.32 Å². The lowest BCUT2D eigenvalue weighted by atomic mass is 10.3. The second-order valence-electron chi connectivity index (χ2n) is 3.38. The number of furan rings is 1. The van der Waals surface area contributed by atoms with Crippen LogP contribution in [-0.4, -0.2) is 9.97 Å². The molecule has 88 valence electrons. The predicted octanol–water partition coefficient (Wildman–Crippen LogP) is 3.66. The highest BCUT2D eigenvalue weighted by atomic mass is 79.9. The van der Waals surface area contributed by atoms with Crippen LogP contribution >= 0.6 is 27.3 Å². The van der Waals surface area contributed by atoms with E-state index in [1.54, 1.807) is 18.5 Å². The minimum Gasteiger partial charge on any atom is -0.444 e. The number of nitriles is 1. The Hall–Kier alpha value is -1.91. The Bertz CT molecular complexity index is 744. The molecule has 0 aliphatic rings. The molecule has 3 rings (SSSR count). The summed E-state index contributed by atoms with van der Waals surface area (Å²) in [5.74, 6) is 0.904. The molecule has 0 amide bonds. The molecule has 0 radical (unpaired) electrons. The molecule has 3 aromatic rings. The van der Waals surface area contributed by atoms with Crippen LogP contribution < -0.4 is 5.32 Å². The molecule has 0 aliphatic heterocycles. The van der Waals surface area contributed by atoms with Crippen molar-refractivity contribution in [3.05, 3.63) is 34.1 Å². The van der Waals surface area contributed by atoms with E-state index in [1.165, 1.54) is 11.3 Å². The summed E-state index contributed by atoms with van der Waals surface area (Å²) < 4.78 is 6.04. The number of fused-ring (bicyclic) bond motifs is 1. The zero-order chi connectivity index (χ0) is 12.5. The molecule has 0 atom stereocenters. The Morgan fingerprint density at radius 2 is 2.33 bits per heavy atom. The van der Waals surface area contributed by atoms with Crippen molar-refractivity contribution in [1.29, 1.82) is 5.26 Å². The fraction of sp³-hybridized carbons (Fsp3) is 0. The van der Waals surface area contributed by atoms with Crippen molar-refractivity contribution < 1.29 is 4.42 Å². The Morgan fingerprint density at radius 1 is 1.44 bits per heavy atom. The summed E-state index contributed by atoms with van der Waals surface area (Å²) >= 11 is 4.94. The summed E-state index contributed by atoms with van der Waals surface area (Å²) in [5, 5.41) is 15.3. The smallest absolute Gasteiger partial charge is 0.204 e. The average molecular weight is 321 g/mol. The number of halogens is 1.